The van der Waals surface area contributed by atoms with Crippen LogP contribution < -0.4 is 10.9 Å². The fraction of sp³-hybridized carbons (Fsp3) is 0.500. The molecular formula is C14H20N4O3. The fourth-order valence-electron chi connectivity index (χ4n) is 2.31. The highest BCUT2D eigenvalue weighted by Crippen LogP contribution is 2.06. The Labute approximate surface area is 122 Å². The van der Waals surface area contributed by atoms with E-state index in [0.29, 0.717) is 45.0 Å². The van der Waals surface area contributed by atoms with Crippen molar-refractivity contribution in [1.82, 2.24) is 20.1 Å². The van der Waals surface area contributed by atoms with Gasteiger partial charge in [-0.1, -0.05) is 6.07 Å². The number of likely N-dealkylation sites (N-methyl/N-ethyl adjacent to an activating group) is 1. The number of H-pyrrole nitrogens is 1. The summed E-state index contributed by atoms with van der Waals surface area (Å²) in [4.78, 5) is 41.2. The Morgan fingerprint density at radius 2 is 1.95 bits per heavy atom. The molecule has 1 fully saturated rings. The van der Waals surface area contributed by atoms with Gasteiger partial charge < -0.3 is 15.2 Å². The number of pyridine rings is 1. The highest BCUT2D eigenvalue weighted by atomic mass is 16.2. The molecule has 0 bridgehead atoms. The molecule has 1 saturated heterocycles. The Morgan fingerprint density at radius 3 is 2.57 bits per heavy atom. The number of piperazine rings is 1. The number of carbonyl (C=O) groups is 2. The van der Waals surface area contributed by atoms with E-state index >= 15 is 0 Å². The van der Waals surface area contributed by atoms with Crippen LogP contribution in [0.1, 0.15) is 17.4 Å². The van der Waals surface area contributed by atoms with E-state index in [9.17, 15) is 14.4 Å². The quantitative estimate of drug-likeness (QED) is 0.766. The van der Waals surface area contributed by atoms with Crippen molar-refractivity contribution >= 4 is 11.8 Å². The number of nitrogens with zero attached hydrogens (tertiary/aromatic N) is 2. The summed E-state index contributed by atoms with van der Waals surface area (Å²) in [5.41, 5.74) is 0.0235. The third kappa shape index (κ3) is 4.16. The first-order valence-electron chi connectivity index (χ1n) is 7.08. The molecule has 1 aliphatic heterocycles. The van der Waals surface area contributed by atoms with E-state index in [0.717, 1.165) is 0 Å². The third-order valence-corrected chi connectivity index (χ3v) is 3.40. The predicted octanol–water partition coefficient (Wildman–Crippen LogP) is -0.731. The molecule has 21 heavy (non-hydrogen) atoms. The van der Waals surface area contributed by atoms with Crippen molar-refractivity contribution in [3.63, 3.8) is 0 Å². The van der Waals surface area contributed by atoms with E-state index in [4.69, 9.17) is 0 Å². The highest BCUT2D eigenvalue weighted by Gasteiger charge is 2.23. The molecule has 0 radical (unpaired) electrons. The van der Waals surface area contributed by atoms with Crippen LogP contribution in [0.4, 0.5) is 0 Å². The largest absolute Gasteiger partial charge is 0.355 e. The minimum atomic E-state index is -0.282. The standard InChI is InChI=1S/C14H20N4O3/c1-2-15-13(20)10-17-6-8-18(9-7-17)14(21)11-4-3-5-12(19)16-11/h3-5H,2,6-10H2,1H3,(H,15,20)(H,16,19). The van der Waals surface area contributed by atoms with Crippen molar-refractivity contribution in [3.8, 4) is 0 Å². The Hall–Kier alpha value is -2.15. The molecule has 0 aliphatic carbocycles. The molecule has 2 heterocycles. The van der Waals surface area contributed by atoms with Crippen LogP contribution in [0.2, 0.25) is 0 Å². The second kappa shape index (κ2) is 7.03. The lowest BCUT2D eigenvalue weighted by Gasteiger charge is -2.34. The Bertz CT molecular complexity index is 561. The molecule has 1 aromatic rings. The molecule has 1 aromatic heterocycles. The fourth-order valence-corrected chi connectivity index (χ4v) is 2.31. The van der Waals surface area contributed by atoms with E-state index in [2.05, 4.69) is 10.3 Å². The molecule has 7 heteroatoms. The van der Waals surface area contributed by atoms with E-state index in [-0.39, 0.29) is 17.4 Å². The molecule has 2 rings (SSSR count). The Kier molecular flexibility index (Phi) is 5.10. The molecule has 0 atom stereocenters. The lowest BCUT2D eigenvalue weighted by Crippen LogP contribution is -2.51. The van der Waals surface area contributed by atoms with Crippen LogP contribution in [0.5, 0.6) is 0 Å². The van der Waals surface area contributed by atoms with Gasteiger partial charge in [0.1, 0.15) is 5.69 Å². The zero-order chi connectivity index (χ0) is 15.2. The summed E-state index contributed by atoms with van der Waals surface area (Å²) in [6, 6.07) is 4.54. The molecule has 114 valence electrons. The van der Waals surface area contributed by atoms with Crippen LogP contribution in [-0.2, 0) is 4.79 Å². The first kappa shape index (κ1) is 15.2. The summed E-state index contributed by atoms with van der Waals surface area (Å²) in [5, 5.41) is 2.76. The number of aromatic nitrogens is 1. The van der Waals surface area contributed by atoms with Gasteiger partial charge in [-0.2, -0.15) is 0 Å². The van der Waals surface area contributed by atoms with Crippen molar-refractivity contribution < 1.29 is 9.59 Å². The monoisotopic (exact) mass is 292 g/mol. The van der Waals surface area contributed by atoms with Crippen LogP contribution in [0.25, 0.3) is 0 Å². The minimum absolute atomic E-state index is 0.00432. The van der Waals surface area contributed by atoms with Crippen LogP contribution in [0.15, 0.2) is 23.0 Å². The molecule has 0 aromatic carbocycles. The van der Waals surface area contributed by atoms with Gasteiger partial charge in [0, 0.05) is 38.8 Å². The number of hydrogen-bond donors (Lipinski definition) is 2. The van der Waals surface area contributed by atoms with E-state index in [1.165, 1.54) is 6.07 Å². The number of aromatic amines is 1. The zero-order valence-corrected chi connectivity index (χ0v) is 12.1. The van der Waals surface area contributed by atoms with E-state index in [1.807, 2.05) is 11.8 Å². The van der Waals surface area contributed by atoms with Gasteiger partial charge in [0.05, 0.1) is 6.54 Å². The van der Waals surface area contributed by atoms with Gasteiger partial charge in [0.15, 0.2) is 0 Å². The van der Waals surface area contributed by atoms with E-state index in [1.54, 1.807) is 17.0 Å². The zero-order valence-electron chi connectivity index (χ0n) is 12.1. The van der Waals surface area contributed by atoms with Crippen molar-refractivity contribution in [3.05, 3.63) is 34.2 Å². The van der Waals surface area contributed by atoms with Gasteiger partial charge in [0.25, 0.3) is 5.91 Å². The number of hydrogen-bond acceptors (Lipinski definition) is 4. The molecule has 0 saturated carbocycles. The molecule has 2 amide bonds. The molecule has 1 aliphatic rings. The third-order valence-electron chi connectivity index (χ3n) is 3.40. The van der Waals surface area contributed by atoms with Crippen LogP contribution in [0.3, 0.4) is 0 Å². The van der Waals surface area contributed by atoms with Gasteiger partial charge in [0.2, 0.25) is 11.5 Å². The number of nitrogens with one attached hydrogen (secondary N) is 2. The van der Waals surface area contributed by atoms with Crippen molar-refractivity contribution in [2.45, 2.75) is 6.92 Å². The van der Waals surface area contributed by atoms with Gasteiger partial charge in [-0.25, -0.2) is 0 Å². The summed E-state index contributed by atoms with van der Waals surface area (Å²) in [5.74, 6) is -0.171. The van der Waals surface area contributed by atoms with Gasteiger partial charge in [-0.3, -0.25) is 19.3 Å². The maximum absolute atomic E-state index is 12.2. The average molecular weight is 292 g/mol. The van der Waals surface area contributed by atoms with Crippen LogP contribution >= 0.6 is 0 Å². The number of carbonyl (C=O) groups excluding carboxylic acids is 2. The second-order valence-corrected chi connectivity index (χ2v) is 4.95. The SMILES string of the molecule is CCNC(=O)CN1CCN(C(=O)c2cccc(=O)[nH]2)CC1. The summed E-state index contributed by atoms with van der Waals surface area (Å²) in [6.07, 6.45) is 0. The molecule has 2 N–H and O–H groups in total. The Balaban J connectivity index is 1.87. The maximum Gasteiger partial charge on any atom is 0.270 e. The molecule has 0 spiro atoms. The summed E-state index contributed by atoms with van der Waals surface area (Å²) in [6.45, 7) is 5.27. The first-order chi connectivity index (χ1) is 10.1. The van der Waals surface area contributed by atoms with Crippen molar-refractivity contribution in [2.24, 2.45) is 0 Å². The summed E-state index contributed by atoms with van der Waals surface area (Å²) < 4.78 is 0. The molecule has 0 unspecified atom stereocenters. The van der Waals surface area contributed by atoms with Gasteiger partial charge in [-0.05, 0) is 13.0 Å². The number of amides is 2. The summed E-state index contributed by atoms with van der Waals surface area (Å²) in [7, 11) is 0. The van der Waals surface area contributed by atoms with Gasteiger partial charge in [-0.15, -0.1) is 0 Å². The number of rotatable bonds is 4. The lowest BCUT2D eigenvalue weighted by atomic mass is 10.2. The molecule has 7 nitrogen and oxygen atoms in total. The highest BCUT2D eigenvalue weighted by molar-refractivity contribution is 5.92. The van der Waals surface area contributed by atoms with Crippen LogP contribution in [0, 0.1) is 0 Å². The topological polar surface area (TPSA) is 85.5 Å². The lowest BCUT2D eigenvalue weighted by molar-refractivity contribution is -0.122. The van der Waals surface area contributed by atoms with Crippen molar-refractivity contribution in [2.75, 3.05) is 39.3 Å². The normalized spacial score (nSPS) is 15.8. The Morgan fingerprint density at radius 1 is 1.24 bits per heavy atom. The minimum Gasteiger partial charge on any atom is -0.355 e. The average Bonchev–Trinajstić information content (AvgIpc) is 2.47. The maximum atomic E-state index is 12.2. The van der Waals surface area contributed by atoms with Crippen molar-refractivity contribution in [1.29, 1.82) is 0 Å². The molecular weight excluding hydrogens is 272 g/mol. The predicted molar refractivity (Wildman–Crippen MR) is 78.1 cm³/mol. The smallest absolute Gasteiger partial charge is 0.270 e. The first-order valence-corrected chi connectivity index (χ1v) is 7.08. The van der Waals surface area contributed by atoms with Gasteiger partial charge >= 0.3 is 0 Å². The van der Waals surface area contributed by atoms with E-state index < -0.39 is 0 Å². The summed E-state index contributed by atoms with van der Waals surface area (Å²) >= 11 is 0. The van der Waals surface area contributed by atoms with Crippen LogP contribution in [-0.4, -0.2) is 65.9 Å². The second-order valence-electron chi connectivity index (χ2n) is 4.95.